The highest BCUT2D eigenvalue weighted by molar-refractivity contribution is 6.07. The number of carbonyl (C=O) groups is 1. The van der Waals surface area contributed by atoms with Gasteiger partial charge in [-0.3, -0.25) is 4.79 Å². The van der Waals surface area contributed by atoms with Gasteiger partial charge in [0.05, 0.1) is 29.4 Å². The zero-order valence-electron chi connectivity index (χ0n) is 15.7. The molecule has 3 heterocycles. The van der Waals surface area contributed by atoms with Crippen molar-refractivity contribution < 1.29 is 14.1 Å². The average molecular weight is 378 g/mol. The molecule has 1 aromatic carbocycles. The molecule has 7 nitrogen and oxygen atoms in total. The molecule has 28 heavy (non-hydrogen) atoms. The summed E-state index contributed by atoms with van der Waals surface area (Å²) in [6.45, 7) is 1.78. The predicted molar refractivity (Wildman–Crippen MR) is 105 cm³/mol. The summed E-state index contributed by atoms with van der Waals surface area (Å²) >= 11 is 0. The maximum absolute atomic E-state index is 13.0. The lowest BCUT2D eigenvalue weighted by Gasteiger charge is -2.10. The molecule has 0 radical (unpaired) electrons. The van der Waals surface area contributed by atoms with E-state index < -0.39 is 0 Å². The first kappa shape index (κ1) is 17.2. The summed E-state index contributed by atoms with van der Waals surface area (Å²) < 4.78 is 10.8. The van der Waals surface area contributed by atoms with Gasteiger partial charge in [-0.2, -0.15) is 0 Å². The van der Waals surface area contributed by atoms with Crippen molar-refractivity contribution in [3.05, 3.63) is 41.6 Å². The number of amides is 1. The van der Waals surface area contributed by atoms with Gasteiger partial charge in [-0.15, -0.1) is 0 Å². The van der Waals surface area contributed by atoms with Crippen molar-refractivity contribution in [2.75, 3.05) is 20.2 Å². The third-order valence-corrected chi connectivity index (χ3v) is 5.46. The number of nitrogens with zero attached hydrogens (tertiary/aromatic N) is 2. The fraction of sp³-hybridized carbons (Fsp3) is 0.381. The van der Waals surface area contributed by atoms with E-state index in [1.807, 2.05) is 30.3 Å². The van der Waals surface area contributed by atoms with E-state index in [1.165, 1.54) is 0 Å². The highest BCUT2D eigenvalue weighted by Crippen LogP contribution is 2.34. The van der Waals surface area contributed by atoms with Crippen LogP contribution in [0.5, 0.6) is 5.75 Å². The lowest BCUT2D eigenvalue weighted by Crippen LogP contribution is -2.26. The fourth-order valence-electron chi connectivity index (χ4n) is 3.72. The molecule has 3 aromatic rings. The number of methoxy groups -OCH3 is 1. The van der Waals surface area contributed by atoms with Gasteiger partial charge in [-0.05, 0) is 56.1 Å². The summed E-state index contributed by atoms with van der Waals surface area (Å²) in [5.41, 5.74) is 3.41. The molecule has 2 fully saturated rings. The molecule has 5 rings (SSSR count). The Hall–Kier alpha value is -2.93. The van der Waals surface area contributed by atoms with Gasteiger partial charge in [-0.1, -0.05) is 5.16 Å². The van der Waals surface area contributed by atoms with E-state index in [0.29, 0.717) is 17.0 Å². The Morgan fingerprint density at radius 1 is 1.25 bits per heavy atom. The summed E-state index contributed by atoms with van der Waals surface area (Å²) in [7, 11) is 1.63. The Balaban J connectivity index is 1.63. The van der Waals surface area contributed by atoms with Gasteiger partial charge >= 0.3 is 0 Å². The van der Waals surface area contributed by atoms with Crippen LogP contribution in [0.25, 0.3) is 22.4 Å². The summed E-state index contributed by atoms with van der Waals surface area (Å²) in [5.74, 6) is 0.926. The average Bonchev–Trinajstić information content (AvgIpc) is 3.20. The lowest BCUT2D eigenvalue weighted by molar-refractivity contribution is 0.0952. The van der Waals surface area contributed by atoms with Crippen LogP contribution in [0, 0.1) is 0 Å². The Labute approximate surface area is 162 Å². The fourth-order valence-corrected chi connectivity index (χ4v) is 3.72. The Morgan fingerprint density at radius 3 is 2.75 bits per heavy atom. The lowest BCUT2D eigenvalue weighted by atomic mass is 9.98. The second kappa shape index (κ2) is 6.91. The van der Waals surface area contributed by atoms with E-state index in [0.717, 1.165) is 54.7 Å². The van der Waals surface area contributed by atoms with E-state index in [9.17, 15) is 4.79 Å². The number of hydrogen-bond acceptors (Lipinski definition) is 6. The predicted octanol–water partition coefficient (Wildman–Crippen LogP) is 2.87. The molecular formula is C21H22N4O3. The van der Waals surface area contributed by atoms with Crippen LogP contribution < -0.4 is 15.4 Å². The molecule has 144 valence electrons. The van der Waals surface area contributed by atoms with Gasteiger partial charge < -0.3 is 19.9 Å². The number of carbonyl (C=O) groups excluding carboxylic acids is 1. The number of aromatic nitrogens is 2. The number of ether oxygens (including phenoxy) is 1. The van der Waals surface area contributed by atoms with Gasteiger partial charge in [-0.25, -0.2) is 4.98 Å². The number of benzene rings is 1. The SMILES string of the molecule is COc1ccc(-c2cc(C(=O)NC3CC3)c3c(C4CCNC4)noc3n2)cc1. The number of nitrogens with one attached hydrogen (secondary N) is 2. The molecule has 7 heteroatoms. The van der Waals surface area contributed by atoms with Crippen molar-refractivity contribution in [3.8, 4) is 17.0 Å². The second-order valence-electron chi connectivity index (χ2n) is 7.47. The molecule has 1 unspecified atom stereocenters. The Morgan fingerprint density at radius 2 is 2.07 bits per heavy atom. The van der Waals surface area contributed by atoms with Crippen molar-refractivity contribution in [1.29, 1.82) is 0 Å². The Bertz CT molecular complexity index is 1020. The first-order chi connectivity index (χ1) is 13.7. The van der Waals surface area contributed by atoms with Crippen LogP contribution in [0.3, 0.4) is 0 Å². The standard InChI is InChI=1S/C21H22N4O3/c1-27-15-6-2-12(3-7-15)17-10-16(20(26)23-14-4-5-14)18-19(13-8-9-22-11-13)25-28-21(18)24-17/h2-3,6-7,10,13-14,22H,4-5,8-9,11H2,1H3,(H,23,26). The molecule has 0 spiro atoms. The number of fused-ring (bicyclic) bond motifs is 1. The minimum Gasteiger partial charge on any atom is -0.497 e. The van der Waals surface area contributed by atoms with Crippen LogP contribution in [-0.2, 0) is 0 Å². The third kappa shape index (κ3) is 3.11. The van der Waals surface area contributed by atoms with E-state index in [1.54, 1.807) is 7.11 Å². The van der Waals surface area contributed by atoms with Gasteiger partial charge in [0.1, 0.15) is 5.75 Å². The van der Waals surface area contributed by atoms with Gasteiger partial charge in [0.25, 0.3) is 11.6 Å². The monoisotopic (exact) mass is 378 g/mol. The smallest absolute Gasteiger partial charge is 0.259 e. The van der Waals surface area contributed by atoms with Crippen molar-refractivity contribution >= 4 is 17.0 Å². The molecule has 1 saturated carbocycles. The van der Waals surface area contributed by atoms with Crippen molar-refractivity contribution in [3.63, 3.8) is 0 Å². The molecule has 1 saturated heterocycles. The van der Waals surface area contributed by atoms with Crippen LogP contribution in [0.1, 0.15) is 41.2 Å². The molecule has 2 N–H and O–H groups in total. The Kier molecular flexibility index (Phi) is 4.24. The summed E-state index contributed by atoms with van der Waals surface area (Å²) in [4.78, 5) is 17.7. The van der Waals surface area contributed by atoms with Gasteiger partial charge in [0.15, 0.2) is 0 Å². The number of pyridine rings is 1. The van der Waals surface area contributed by atoms with Gasteiger partial charge in [0.2, 0.25) is 0 Å². The largest absolute Gasteiger partial charge is 0.497 e. The van der Waals surface area contributed by atoms with Gasteiger partial charge in [0, 0.05) is 24.1 Å². The third-order valence-electron chi connectivity index (χ3n) is 5.46. The molecule has 2 aromatic heterocycles. The molecule has 2 aliphatic rings. The number of hydrogen-bond donors (Lipinski definition) is 2. The second-order valence-corrected chi connectivity index (χ2v) is 7.47. The molecule has 1 amide bonds. The zero-order valence-corrected chi connectivity index (χ0v) is 15.7. The van der Waals surface area contributed by atoms with Crippen LogP contribution in [0.2, 0.25) is 0 Å². The van der Waals surface area contributed by atoms with Crippen molar-refractivity contribution in [2.24, 2.45) is 0 Å². The molecule has 1 aliphatic heterocycles. The minimum atomic E-state index is -0.0833. The quantitative estimate of drug-likeness (QED) is 0.710. The normalized spacial score (nSPS) is 19.1. The van der Waals surface area contributed by atoms with Crippen molar-refractivity contribution in [1.82, 2.24) is 20.8 Å². The molecule has 0 bridgehead atoms. The maximum atomic E-state index is 13.0. The van der Waals surface area contributed by atoms with E-state index in [2.05, 4.69) is 20.8 Å². The summed E-state index contributed by atoms with van der Waals surface area (Å²) in [5, 5.41) is 11.5. The zero-order chi connectivity index (χ0) is 19.1. The van der Waals surface area contributed by atoms with Crippen LogP contribution in [0.15, 0.2) is 34.9 Å². The maximum Gasteiger partial charge on any atom is 0.259 e. The summed E-state index contributed by atoms with van der Waals surface area (Å²) in [6.07, 6.45) is 3.05. The van der Waals surface area contributed by atoms with E-state index in [-0.39, 0.29) is 17.9 Å². The van der Waals surface area contributed by atoms with Crippen LogP contribution in [-0.4, -0.2) is 42.3 Å². The first-order valence-electron chi connectivity index (χ1n) is 9.69. The molecule has 1 atom stereocenters. The number of rotatable bonds is 5. The topological polar surface area (TPSA) is 89.3 Å². The van der Waals surface area contributed by atoms with E-state index in [4.69, 9.17) is 9.26 Å². The highest BCUT2D eigenvalue weighted by atomic mass is 16.5. The first-order valence-corrected chi connectivity index (χ1v) is 9.69. The highest BCUT2D eigenvalue weighted by Gasteiger charge is 2.30. The van der Waals surface area contributed by atoms with Crippen LogP contribution in [0.4, 0.5) is 0 Å². The van der Waals surface area contributed by atoms with E-state index >= 15 is 0 Å². The van der Waals surface area contributed by atoms with Crippen LogP contribution >= 0.6 is 0 Å². The molecular weight excluding hydrogens is 356 g/mol. The minimum absolute atomic E-state index is 0.0833. The van der Waals surface area contributed by atoms with Crippen molar-refractivity contribution in [2.45, 2.75) is 31.2 Å². The summed E-state index contributed by atoms with van der Waals surface area (Å²) in [6, 6.07) is 9.73. The molecule has 1 aliphatic carbocycles.